The largest absolute Gasteiger partial charge is 0.504 e. The third-order valence-electron chi connectivity index (χ3n) is 2.82. The maximum Gasteiger partial charge on any atom is 0.416 e. The standard InChI is InChI=1S/C14H10F3NO4/c15-14(16,17)7-2-1-3-8(6-7)18-13(22)9-4-5-10(19)12(21)11(9)20/h1-6,19-21H,(H,18,22). The van der Waals surface area contributed by atoms with Crippen LogP contribution in [-0.2, 0) is 6.18 Å². The Hall–Kier alpha value is -2.90. The molecule has 0 aliphatic rings. The molecule has 0 saturated heterocycles. The van der Waals surface area contributed by atoms with Gasteiger partial charge in [-0.2, -0.15) is 13.2 Å². The Morgan fingerprint density at radius 3 is 2.32 bits per heavy atom. The number of amides is 1. The Bertz CT molecular complexity index is 729. The minimum absolute atomic E-state index is 0.133. The molecule has 0 saturated carbocycles. The van der Waals surface area contributed by atoms with Gasteiger partial charge < -0.3 is 20.6 Å². The van der Waals surface area contributed by atoms with Crippen LogP contribution in [0.1, 0.15) is 15.9 Å². The number of hydrogen-bond donors (Lipinski definition) is 4. The number of phenolic OH excluding ortho intramolecular Hbond substituents is 3. The fourth-order valence-corrected chi connectivity index (χ4v) is 1.72. The summed E-state index contributed by atoms with van der Waals surface area (Å²) in [6.07, 6.45) is -4.56. The van der Waals surface area contributed by atoms with Gasteiger partial charge >= 0.3 is 6.18 Å². The summed E-state index contributed by atoms with van der Waals surface area (Å²) in [5.41, 5.74) is -1.47. The number of nitrogens with one attached hydrogen (secondary N) is 1. The summed E-state index contributed by atoms with van der Waals surface area (Å²) >= 11 is 0. The van der Waals surface area contributed by atoms with E-state index in [1.807, 2.05) is 0 Å². The fraction of sp³-hybridized carbons (Fsp3) is 0.0714. The van der Waals surface area contributed by atoms with E-state index in [-0.39, 0.29) is 5.69 Å². The molecule has 0 unspecified atom stereocenters. The molecule has 0 radical (unpaired) electrons. The Kier molecular flexibility index (Phi) is 3.85. The molecule has 0 bridgehead atoms. The van der Waals surface area contributed by atoms with Crippen LogP contribution in [0, 0.1) is 0 Å². The molecule has 1 amide bonds. The minimum atomic E-state index is -4.56. The van der Waals surface area contributed by atoms with Crippen LogP contribution < -0.4 is 5.32 Å². The molecular weight excluding hydrogens is 303 g/mol. The van der Waals surface area contributed by atoms with Crippen molar-refractivity contribution in [3.05, 3.63) is 47.5 Å². The van der Waals surface area contributed by atoms with Crippen LogP contribution in [-0.4, -0.2) is 21.2 Å². The van der Waals surface area contributed by atoms with E-state index in [9.17, 15) is 28.2 Å². The van der Waals surface area contributed by atoms with Crippen LogP contribution in [0.5, 0.6) is 17.2 Å². The number of aromatic hydroxyl groups is 3. The first-order chi connectivity index (χ1) is 10.2. The number of carbonyl (C=O) groups excluding carboxylic acids is 1. The lowest BCUT2D eigenvalue weighted by Crippen LogP contribution is -2.13. The van der Waals surface area contributed by atoms with E-state index in [1.54, 1.807) is 0 Å². The number of benzene rings is 2. The first-order valence-electron chi connectivity index (χ1n) is 5.92. The second-order valence-corrected chi connectivity index (χ2v) is 4.36. The maximum absolute atomic E-state index is 12.6. The van der Waals surface area contributed by atoms with Crippen LogP contribution in [0.25, 0.3) is 0 Å². The first kappa shape index (κ1) is 15.5. The lowest BCUT2D eigenvalue weighted by atomic mass is 10.1. The van der Waals surface area contributed by atoms with E-state index in [0.717, 1.165) is 30.3 Å². The Morgan fingerprint density at radius 1 is 1.00 bits per heavy atom. The van der Waals surface area contributed by atoms with Gasteiger partial charge in [0.15, 0.2) is 11.5 Å². The van der Waals surface area contributed by atoms with Gasteiger partial charge in [-0.15, -0.1) is 0 Å². The third-order valence-corrected chi connectivity index (χ3v) is 2.82. The zero-order valence-electron chi connectivity index (χ0n) is 10.8. The van der Waals surface area contributed by atoms with Crippen molar-refractivity contribution < 1.29 is 33.3 Å². The molecule has 5 nitrogen and oxygen atoms in total. The monoisotopic (exact) mass is 313 g/mol. The van der Waals surface area contributed by atoms with Crippen LogP contribution >= 0.6 is 0 Å². The molecule has 0 heterocycles. The number of carbonyl (C=O) groups is 1. The van der Waals surface area contributed by atoms with Crippen molar-refractivity contribution in [2.75, 3.05) is 5.32 Å². The van der Waals surface area contributed by atoms with Crippen LogP contribution in [0.3, 0.4) is 0 Å². The lowest BCUT2D eigenvalue weighted by molar-refractivity contribution is -0.137. The number of phenols is 3. The highest BCUT2D eigenvalue weighted by Gasteiger charge is 2.30. The smallest absolute Gasteiger partial charge is 0.416 e. The molecular formula is C14H10F3NO4. The van der Waals surface area contributed by atoms with Gasteiger partial charge in [0.25, 0.3) is 5.91 Å². The summed E-state index contributed by atoms with van der Waals surface area (Å²) in [7, 11) is 0. The first-order valence-corrected chi connectivity index (χ1v) is 5.92. The van der Waals surface area contributed by atoms with Gasteiger partial charge in [-0.1, -0.05) is 6.07 Å². The number of alkyl halides is 3. The topological polar surface area (TPSA) is 89.8 Å². The minimum Gasteiger partial charge on any atom is -0.504 e. The molecule has 0 spiro atoms. The highest BCUT2D eigenvalue weighted by Crippen LogP contribution is 2.37. The second-order valence-electron chi connectivity index (χ2n) is 4.36. The van der Waals surface area contributed by atoms with Crippen molar-refractivity contribution in [2.24, 2.45) is 0 Å². The Balaban J connectivity index is 2.28. The van der Waals surface area contributed by atoms with Crippen LogP contribution in [0.4, 0.5) is 18.9 Å². The second kappa shape index (κ2) is 5.47. The van der Waals surface area contributed by atoms with E-state index >= 15 is 0 Å². The zero-order chi connectivity index (χ0) is 16.5. The predicted octanol–water partition coefficient (Wildman–Crippen LogP) is 3.07. The van der Waals surface area contributed by atoms with Crippen molar-refractivity contribution in [3.63, 3.8) is 0 Å². The molecule has 0 aliphatic carbocycles. The van der Waals surface area contributed by atoms with Crippen molar-refractivity contribution in [2.45, 2.75) is 6.18 Å². The van der Waals surface area contributed by atoms with Gasteiger partial charge in [0.2, 0.25) is 5.75 Å². The van der Waals surface area contributed by atoms with Crippen molar-refractivity contribution in [1.29, 1.82) is 0 Å². The van der Waals surface area contributed by atoms with Gasteiger partial charge in [-0.3, -0.25) is 4.79 Å². The van der Waals surface area contributed by atoms with Crippen molar-refractivity contribution in [1.82, 2.24) is 0 Å². The molecule has 0 aliphatic heterocycles. The summed E-state index contributed by atoms with van der Waals surface area (Å²) in [5.74, 6) is -3.33. The summed E-state index contributed by atoms with van der Waals surface area (Å²) in [6.45, 7) is 0. The summed E-state index contributed by atoms with van der Waals surface area (Å²) in [4.78, 5) is 11.9. The molecule has 2 aromatic rings. The summed E-state index contributed by atoms with van der Waals surface area (Å²) in [5, 5.41) is 30.2. The molecule has 8 heteroatoms. The van der Waals surface area contributed by atoms with Gasteiger partial charge in [0.1, 0.15) is 0 Å². The predicted molar refractivity (Wildman–Crippen MR) is 70.8 cm³/mol. The average Bonchev–Trinajstić information content (AvgIpc) is 2.44. The Morgan fingerprint density at radius 2 is 1.68 bits per heavy atom. The van der Waals surface area contributed by atoms with E-state index in [2.05, 4.69) is 5.32 Å². The van der Waals surface area contributed by atoms with E-state index in [0.29, 0.717) is 0 Å². The normalized spacial score (nSPS) is 11.2. The molecule has 2 rings (SSSR count). The molecule has 4 N–H and O–H groups in total. The van der Waals surface area contributed by atoms with Crippen LogP contribution in [0.2, 0.25) is 0 Å². The number of rotatable bonds is 2. The van der Waals surface area contributed by atoms with E-state index < -0.39 is 40.5 Å². The van der Waals surface area contributed by atoms with Crippen molar-refractivity contribution >= 4 is 11.6 Å². The molecule has 2 aromatic carbocycles. The van der Waals surface area contributed by atoms with Gasteiger partial charge in [-0.25, -0.2) is 0 Å². The number of hydrogen-bond acceptors (Lipinski definition) is 4. The highest BCUT2D eigenvalue weighted by molar-refractivity contribution is 6.06. The quantitative estimate of drug-likeness (QED) is 0.641. The fourth-order valence-electron chi connectivity index (χ4n) is 1.72. The number of halogens is 3. The SMILES string of the molecule is O=C(Nc1cccc(C(F)(F)F)c1)c1ccc(O)c(O)c1O. The average molecular weight is 313 g/mol. The summed E-state index contributed by atoms with van der Waals surface area (Å²) in [6, 6.07) is 5.93. The van der Waals surface area contributed by atoms with E-state index in [1.165, 1.54) is 6.07 Å². The molecule has 116 valence electrons. The van der Waals surface area contributed by atoms with Gasteiger partial charge in [0.05, 0.1) is 11.1 Å². The van der Waals surface area contributed by atoms with Gasteiger partial charge in [-0.05, 0) is 30.3 Å². The lowest BCUT2D eigenvalue weighted by Gasteiger charge is -2.11. The molecule has 0 aromatic heterocycles. The highest BCUT2D eigenvalue weighted by atomic mass is 19.4. The van der Waals surface area contributed by atoms with Crippen molar-refractivity contribution in [3.8, 4) is 17.2 Å². The molecule has 0 atom stereocenters. The number of anilines is 1. The van der Waals surface area contributed by atoms with E-state index in [4.69, 9.17) is 5.11 Å². The molecule has 0 fully saturated rings. The Labute approximate surface area is 122 Å². The third kappa shape index (κ3) is 3.05. The molecule has 22 heavy (non-hydrogen) atoms. The van der Waals surface area contributed by atoms with Gasteiger partial charge in [0, 0.05) is 5.69 Å². The zero-order valence-corrected chi connectivity index (χ0v) is 10.8. The van der Waals surface area contributed by atoms with Crippen LogP contribution in [0.15, 0.2) is 36.4 Å². The maximum atomic E-state index is 12.6. The summed E-state index contributed by atoms with van der Waals surface area (Å²) < 4.78 is 37.7.